The molecule has 0 saturated carbocycles. The summed E-state index contributed by atoms with van der Waals surface area (Å²) in [5.74, 6) is -0.286. The standard InChI is InChI=1S/C16H15N5O4S/c17-15(22)12-6-8-13(9-7-12)16-18-20-21(19-16)10-11-26(23,24)25-14-4-2-1-3-5-14/h1-9H,10-11H2,(H2,17,22). The van der Waals surface area contributed by atoms with Crippen LogP contribution in [0.1, 0.15) is 10.4 Å². The molecule has 0 saturated heterocycles. The van der Waals surface area contributed by atoms with E-state index >= 15 is 0 Å². The third-order valence-electron chi connectivity index (χ3n) is 3.39. The van der Waals surface area contributed by atoms with Gasteiger partial charge in [0, 0.05) is 11.1 Å². The topological polar surface area (TPSA) is 130 Å². The van der Waals surface area contributed by atoms with Gasteiger partial charge in [-0.1, -0.05) is 30.3 Å². The number of aryl methyl sites for hydroxylation is 1. The molecular weight excluding hydrogens is 358 g/mol. The van der Waals surface area contributed by atoms with Crippen LogP contribution in [-0.4, -0.2) is 40.3 Å². The van der Waals surface area contributed by atoms with Crippen LogP contribution in [0.3, 0.4) is 0 Å². The second-order valence-corrected chi connectivity index (χ2v) is 7.00. The molecule has 0 atom stereocenters. The molecule has 0 aliphatic carbocycles. The summed E-state index contributed by atoms with van der Waals surface area (Å²) >= 11 is 0. The molecule has 134 valence electrons. The summed E-state index contributed by atoms with van der Waals surface area (Å²) in [5, 5.41) is 11.8. The lowest BCUT2D eigenvalue weighted by atomic mass is 10.1. The molecule has 0 aliphatic heterocycles. The van der Waals surface area contributed by atoms with Gasteiger partial charge in [-0.2, -0.15) is 13.2 Å². The van der Waals surface area contributed by atoms with Gasteiger partial charge in [0.2, 0.25) is 11.7 Å². The molecular formula is C16H15N5O4S. The van der Waals surface area contributed by atoms with Gasteiger partial charge in [0.25, 0.3) is 0 Å². The number of carbonyl (C=O) groups is 1. The maximum atomic E-state index is 12.0. The molecule has 26 heavy (non-hydrogen) atoms. The monoisotopic (exact) mass is 373 g/mol. The Hall–Kier alpha value is -3.27. The third kappa shape index (κ3) is 4.42. The van der Waals surface area contributed by atoms with Gasteiger partial charge in [-0.05, 0) is 29.5 Å². The average Bonchev–Trinajstić information content (AvgIpc) is 3.10. The van der Waals surface area contributed by atoms with Gasteiger partial charge in [-0.15, -0.1) is 10.2 Å². The first-order valence-corrected chi connectivity index (χ1v) is 9.16. The number of benzene rings is 2. The fourth-order valence-electron chi connectivity index (χ4n) is 2.09. The number of amides is 1. The summed E-state index contributed by atoms with van der Waals surface area (Å²) in [7, 11) is -3.78. The van der Waals surface area contributed by atoms with Crippen LogP contribution in [0.15, 0.2) is 54.6 Å². The van der Waals surface area contributed by atoms with Crippen molar-refractivity contribution in [2.75, 3.05) is 5.75 Å². The molecule has 1 amide bonds. The first kappa shape index (κ1) is 17.5. The summed E-state index contributed by atoms with van der Waals surface area (Å²) in [6, 6.07) is 14.6. The number of tetrazole rings is 1. The summed E-state index contributed by atoms with van der Waals surface area (Å²) in [6.07, 6.45) is 0. The predicted molar refractivity (Wildman–Crippen MR) is 92.6 cm³/mol. The highest BCUT2D eigenvalue weighted by molar-refractivity contribution is 7.87. The maximum absolute atomic E-state index is 12.0. The van der Waals surface area contributed by atoms with Crippen molar-refractivity contribution in [1.29, 1.82) is 0 Å². The van der Waals surface area contributed by atoms with Crippen LogP contribution in [0.2, 0.25) is 0 Å². The van der Waals surface area contributed by atoms with Crippen LogP contribution in [0, 0.1) is 0 Å². The zero-order valence-corrected chi connectivity index (χ0v) is 14.3. The Balaban J connectivity index is 1.64. The van der Waals surface area contributed by atoms with Crippen LogP contribution in [0.25, 0.3) is 11.4 Å². The van der Waals surface area contributed by atoms with Crippen LogP contribution >= 0.6 is 0 Å². The largest absolute Gasteiger partial charge is 0.382 e. The average molecular weight is 373 g/mol. The fourth-order valence-corrected chi connectivity index (χ4v) is 2.97. The highest BCUT2D eigenvalue weighted by atomic mass is 32.2. The zero-order chi connectivity index (χ0) is 18.6. The summed E-state index contributed by atoms with van der Waals surface area (Å²) < 4.78 is 29.0. The van der Waals surface area contributed by atoms with Gasteiger partial charge in [0.05, 0.1) is 6.54 Å². The van der Waals surface area contributed by atoms with E-state index in [4.69, 9.17) is 9.92 Å². The van der Waals surface area contributed by atoms with Gasteiger partial charge in [-0.25, -0.2) is 0 Å². The predicted octanol–water partition coefficient (Wildman–Crippen LogP) is 0.848. The lowest BCUT2D eigenvalue weighted by molar-refractivity contribution is 0.100. The molecule has 2 N–H and O–H groups in total. The molecule has 0 spiro atoms. The number of carbonyl (C=O) groups excluding carboxylic acids is 1. The van der Waals surface area contributed by atoms with Crippen molar-refractivity contribution in [1.82, 2.24) is 20.2 Å². The molecule has 10 heteroatoms. The Morgan fingerprint density at radius 1 is 1.08 bits per heavy atom. The Labute approximate surface area is 149 Å². The Morgan fingerprint density at radius 2 is 1.77 bits per heavy atom. The van der Waals surface area contributed by atoms with E-state index in [1.165, 1.54) is 4.80 Å². The summed E-state index contributed by atoms with van der Waals surface area (Å²) in [6.45, 7) is -0.0124. The van der Waals surface area contributed by atoms with Gasteiger partial charge in [0.1, 0.15) is 11.5 Å². The molecule has 1 heterocycles. The molecule has 0 radical (unpaired) electrons. The molecule has 1 aromatic heterocycles. The van der Waals surface area contributed by atoms with Crippen molar-refractivity contribution in [3.8, 4) is 17.1 Å². The van der Waals surface area contributed by atoms with Gasteiger partial charge >= 0.3 is 10.1 Å². The van der Waals surface area contributed by atoms with Crippen LogP contribution in [0.4, 0.5) is 0 Å². The number of aromatic nitrogens is 4. The summed E-state index contributed by atoms with van der Waals surface area (Å²) in [5.41, 5.74) is 6.18. The van der Waals surface area contributed by atoms with Crippen LogP contribution < -0.4 is 9.92 Å². The molecule has 2 aromatic carbocycles. The number of nitrogens with zero attached hydrogens (tertiary/aromatic N) is 4. The molecule has 0 unspecified atom stereocenters. The van der Waals surface area contributed by atoms with Crippen molar-refractivity contribution in [3.63, 3.8) is 0 Å². The lowest BCUT2D eigenvalue weighted by Crippen LogP contribution is -2.19. The van der Waals surface area contributed by atoms with E-state index < -0.39 is 16.0 Å². The molecule has 3 aromatic rings. The second kappa shape index (κ2) is 7.31. The van der Waals surface area contributed by atoms with E-state index in [0.717, 1.165) is 0 Å². The molecule has 3 rings (SSSR count). The number of primary amides is 1. The Morgan fingerprint density at radius 3 is 2.42 bits per heavy atom. The number of nitrogens with two attached hydrogens (primary N) is 1. The van der Waals surface area contributed by atoms with E-state index in [9.17, 15) is 13.2 Å². The third-order valence-corrected chi connectivity index (χ3v) is 4.52. The minimum atomic E-state index is -3.78. The van der Waals surface area contributed by atoms with E-state index in [1.807, 2.05) is 0 Å². The zero-order valence-electron chi connectivity index (χ0n) is 13.5. The number of rotatable bonds is 7. The van der Waals surface area contributed by atoms with E-state index in [0.29, 0.717) is 17.0 Å². The van der Waals surface area contributed by atoms with Crippen molar-refractivity contribution in [2.45, 2.75) is 6.54 Å². The first-order chi connectivity index (χ1) is 12.4. The smallest absolute Gasteiger partial charge is 0.311 e. The molecule has 0 bridgehead atoms. The van der Waals surface area contributed by atoms with Crippen molar-refractivity contribution in [3.05, 3.63) is 60.2 Å². The lowest BCUT2D eigenvalue weighted by Gasteiger charge is -2.05. The van der Waals surface area contributed by atoms with Gasteiger partial charge in [-0.3, -0.25) is 4.79 Å². The van der Waals surface area contributed by atoms with Crippen LogP contribution in [-0.2, 0) is 16.7 Å². The quantitative estimate of drug-likeness (QED) is 0.607. The van der Waals surface area contributed by atoms with E-state index in [1.54, 1.807) is 54.6 Å². The first-order valence-electron chi connectivity index (χ1n) is 7.58. The van der Waals surface area contributed by atoms with Crippen LogP contribution in [0.5, 0.6) is 5.75 Å². The van der Waals surface area contributed by atoms with Crippen molar-refractivity contribution in [2.24, 2.45) is 5.73 Å². The molecule has 0 fully saturated rings. The Bertz CT molecular complexity index is 1000. The Kier molecular flexibility index (Phi) is 4.94. The minimum Gasteiger partial charge on any atom is -0.382 e. The van der Waals surface area contributed by atoms with Gasteiger partial charge < -0.3 is 9.92 Å². The number of hydrogen-bond donors (Lipinski definition) is 1. The fraction of sp³-hybridized carbons (Fsp3) is 0.125. The van der Waals surface area contributed by atoms with Crippen molar-refractivity contribution < 1.29 is 17.4 Å². The van der Waals surface area contributed by atoms with E-state index in [-0.39, 0.29) is 18.0 Å². The molecule has 9 nitrogen and oxygen atoms in total. The van der Waals surface area contributed by atoms with Crippen molar-refractivity contribution >= 4 is 16.0 Å². The minimum absolute atomic E-state index is 0.0124. The number of para-hydroxylation sites is 1. The normalized spacial score (nSPS) is 11.2. The highest BCUT2D eigenvalue weighted by Gasteiger charge is 2.15. The SMILES string of the molecule is NC(=O)c1ccc(-c2nnn(CCS(=O)(=O)Oc3ccccc3)n2)cc1. The number of hydrogen-bond acceptors (Lipinski definition) is 7. The van der Waals surface area contributed by atoms with Gasteiger partial charge in [0.15, 0.2) is 0 Å². The summed E-state index contributed by atoms with van der Waals surface area (Å²) in [4.78, 5) is 12.2. The maximum Gasteiger partial charge on any atom is 0.311 e. The molecule has 0 aliphatic rings. The second-order valence-electron chi connectivity index (χ2n) is 5.31. The van der Waals surface area contributed by atoms with E-state index in [2.05, 4.69) is 15.4 Å². The highest BCUT2D eigenvalue weighted by Crippen LogP contribution is 2.15.